The Hall–Kier alpha value is -1.79. The molecule has 106 valence electrons. The van der Waals surface area contributed by atoms with Crippen molar-refractivity contribution in [3.8, 4) is 11.8 Å². The maximum absolute atomic E-state index is 12.0. The molecule has 3 nitrogen and oxygen atoms in total. The average molecular weight is 270 g/mol. The predicted octanol–water partition coefficient (Wildman–Crippen LogP) is 2.23. The fourth-order valence-electron chi connectivity index (χ4n) is 2.19. The minimum absolute atomic E-state index is 0.00207. The van der Waals surface area contributed by atoms with Gasteiger partial charge >= 0.3 is 0 Å². The van der Waals surface area contributed by atoms with E-state index in [0.717, 1.165) is 30.0 Å². The lowest BCUT2D eigenvalue weighted by Gasteiger charge is -2.06. The van der Waals surface area contributed by atoms with Crippen molar-refractivity contribution in [2.24, 2.45) is 11.7 Å². The second-order valence-electron chi connectivity index (χ2n) is 5.38. The number of benzene rings is 1. The first-order valence-electron chi connectivity index (χ1n) is 7.28. The Morgan fingerprint density at radius 2 is 2.25 bits per heavy atom. The lowest BCUT2D eigenvalue weighted by molar-refractivity contribution is 0.0952. The minimum Gasteiger partial charge on any atom is -0.352 e. The molecule has 2 rings (SSSR count). The number of amides is 1. The summed E-state index contributed by atoms with van der Waals surface area (Å²) in [6.45, 7) is 3.08. The van der Waals surface area contributed by atoms with Gasteiger partial charge in [0, 0.05) is 17.7 Å². The van der Waals surface area contributed by atoms with E-state index >= 15 is 0 Å². The van der Waals surface area contributed by atoms with Crippen LogP contribution in [-0.2, 0) is 0 Å². The van der Waals surface area contributed by atoms with Gasteiger partial charge in [-0.15, -0.1) is 0 Å². The standard InChI is InChI=1S/C17H22N2O/c1-13-12-16(9-8-15(13)5-2-10-18)17(20)19-11-3-4-14-6-7-14/h8-9,12,14H,3-4,6-7,10-11,18H2,1H3,(H,19,20). The van der Waals surface area contributed by atoms with E-state index in [1.807, 2.05) is 25.1 Å². The van der Waals surface area contributed by atoms with Crippen molar-refractivity contribution in [1.82, 2.24) is 5.32 Å². The molecule has 3 heteroatoms. The molecular formula is C17H22N2O. The summed E-state index contributed by atoms with van der Waals surface area (Å²) in [5.74, 6) is 6.76. The van der Waals surface area contributed by atoms with Gasteiger partial charge in [0.15, 0.2) is 0 Å². The molecule has 0 unspecified atom stereocenters. The highest BCUT2D eigenvalue weighted by Gasteiger charge is 2.20. The molecule has 0 aliphatic heterocycles. The lowest BCUT2D eigenvalue weighted by atomic mass is 10.0. The summed E-state index contributed by atoms with van der Waals surface area (Å²) in [6, 6.07) is 5.59. The molecule has 0 radical (unpaired) electrons. The van der Waals surface area contributed by atoms with Gasteiger partial charge in [-0.1, -0.05) is 24.7 Å². The number of hydrogen-bond donors (Lipinski definition) is 2. The maximum Gasteiger partial charge on any atom is 0.251 e. The fraction of sp³-hybridized carbons (Fsp3) is 0.471. The zero-order chi connectivity index (χ0) is 14.4. The Labute approximate surface area is 120 Å². The maximum atomic E-state index is 12.0. The highest BCUT2D eigenvalue weighted by atomic mass is 16.1. The SMILES string of the molecule is Cc1cc(C(=O)NCCCC2CC2)ccc1C#CCN. The van der Waals surface area contributed by atoms with Gasteiger partial charge in [-0.2, -0.15) is 0 Å². The molecule has 1 aliphatic rings. The lowest BCUT2D eigenvalue weighted by Crippen LogP contribution is -2.24. The molecule has 20 heavy (non-hydrogen) atoms. The quantitative estimate of drug-likeness (QED) is 0.637. The molecule has 3 N–H and O–H groups in total. The van der Waals surface area contributed by atoms with Crippen LogP contribution >= 0.6 is 0 Å². The van der Waals surface area contributed by atoms with Crippen LogP contribution in [0.25, 0.3) is 0 Å². The van der Waals surface area contributed by atoms with Gasteiger partial charge in [0.05, 0.1) is 6.54 Å². The van der Waals surface area contributed by atoms with E-state index in [4.69, 9.17) is 5.73 Å². The zero-order valence-electron chi connectivity index (χ0n) is 12.0. The third kappa shape index (κ3) is 4.40. The predicted molar refractivity (Wildman–Crippen MR) is 81.4 cm³/mol. The molecule has 1 saturated carbocycles. The van der Waals surface area contributed by atoms with Gasteiger partial charge in [-0.25, -0.2) is 0 Å². The van der Waals surface area contributed by atoms with Crippen LogP contribution in [-0.4, -0.2) is 19.0 Å². The molecular weight excluding hydrogens is 248 g/mol. The van der Waals surface area contributed by atoms with Crippen molar-refractivity contribution in [2.75, 3.05) is 13.1 Å². The van der Waals surface area contributed by atoms with Crippen LogP contribution in [0.4, 0.5) is 0 Å². The molecule has 0 spiro atoms. The van der Waals surface area contributed by atoms with E-state index in [-0.39, 0.29) is 5.91 Å². The molecule has 1 fully saturated rings. The van der Waals surface area contributed by atoms with Crippen LogP contribution in [0.1, 0.15) is 47.2 Å². The van der Waals surface area contributed by atoms with Gasteiger partial charge in [0.2, 0.25) is 0 Å². The van der Waals surface area contributed by atoms with Crippen molar-refractivity contribution in [1.29, 1.82) is 0 Å². The molecule has 0 atom stereocenters. The zero-order valence-corrected chi connectivity index (χ0v) is 12.0. The molecule has 0 aromatic heterocycles. The normalized spacial score (nSPS) is 13.5. The number of hydrogen-bond acceptors (Lipinski definition) is 2. The second kappa shape index (κ2) is 7.12. The third-order valence-corrected chi connectivity index (χ3v) is 3.59. The van der Waals surface area contributed by atoms with Crippen molar-refractivity contribution in [3.05, 3.63) is 34.9 Å². The van der Waals surface area contributed by atoms with E-state index in [0.29, 0.717) is 12.1 Å². The number of nitrogens with two attached hydrogens (primary N) is 1. The summed E-state index contributed by atoms with van der Waals surface area (Å²) in [7, 11) is 0. The molecule has 1 aromatic rings. The van der Waals surface area contributed by atoms with E-state index in [1.165, 1.54) is 19.3 Å². The van der Waals surface area contributed by atoms with Crippen LogP contribution in [0.2, 0.25) is 0 Å². The van der Waals surface area contributed by atoms with Gasteiger partial charge in [-0.05, 0) is 49.4 Å². The van der Waals surface area contributed by atoms with E-state index in [2.05, 4.69) is 17.2 Å². The number of aryl methyl sites for hydroxylation is 1. The van der Waals surface area contributed by atoms with Crippen LogP contribution < -0.4 is 11.1 Å². The molecule has 0 heterocycles. The largest absolute Gasteiger partial charge is 0.352 e. The summed E-state index contributed by atoms with van der Waals surface area (Å²) in [6.07, 6.45) is 5.07. The fourth-order valence-corrected chi connectivity index (χ4v) is 2.19. The monoisotopic (exact) mass is 270 g/mol. The highest BCUT2D eigenvalue weighted by molar-refractivity contribution is 5.94. The smallest absolute Gasteiger partial charge is 0.251 e. The van der Waals surface area contributed by atoms with Crippen molar-refractivity contribution < 1.29 is 4.79 Å². The second-order valence-corrected chi connectivity index (χ2v) is 5.38. The van der Waals surface area contributed by atoms with Crippen molar-refractivity contribution in [3.63, 3.8) is 0 Å². The van der Waals surface area contributed by atoms with Crippen LogP contribution in [0.3, 0.4) is 0 Å². The average Bonchev–Trinajstić information content (AvgIpc) is 3.26. The molecule has 0 saturated heterocycles. The molecule has 0 bridgehead atoms. The molecule has 1 aliphatic carbocycles. The first-order chi connectivity index (χ1) is 9.70. The molecule has 1 aromatic carbocycles. The number of carbonyl (C=O) groups is 1. The van der Waals surface area contributed by atoms with Crippen LogP contribution in [0.5, 0.6) is 0 Å². The van der Waals surface area contributed by atoms with Gasteiger partial charge < -0.3 is 11.1 Å². The Balaban J connectivity index is 1.87. The summed E-state index contributed by atoms with van der Waals surface area (Å²) in [5, 5.41) is 2.98. The third-order valence-electron chi connectivity index (χ3n) is 3.59. The van der Waals surface area contributed by atoms with Crippen molar-refractivity contribution >= 4 is 5.91 Å². The topological polar surface area (TPSA) is 55.1 Å². The Morgan fingerprint density at radius 3 is 2.90 bits per heavy atom. The Morgan fingerprint density at radius 1 is 1.45 bits per heavy atom. The van der Waals surface area contributed by atoms with Gasteiger partial charge in [0.25, 0.3) is 5.91 Å². The molecule has 1 amide bonds. The summed E-state index contributed by atoms with van der Waals surface area (Å²) in [5.41, 5.74) is 8.00. The van der Waals surface area contributed by atoms with Crippen LogP contribution in [0, 0.1) is 24.7 Å². The first-order valence-corrected chi connectivity index (χ1v) is 7.28. The Kier molecular flexibility index (Phi) is 5.20. The van der Waals surface area contributed by atoms with E-state index < -0.39 is 0 Å². The summed E-state index contributed by atoms with van der Waals surface area (Å²) < 4.78 is 0. The summed E-state index contributed by atoms with van der Waals surface area (Å²) in [4.78, 5) is 12.0. The van der Waals surface area contributed by atoms with E-state index in [9.17, 15) is 4.79 Å². The van der Waals surface area contributed by atoms with Crippen LogP contribution in [0.15, 0.2) is 18.2 Å². The Bertz CT molecular complexity index is 536. The van der Waals surface area contributed by atoms with E-state index in [1.54, 1.807) is 0 Å². The highest BCUT2D eigenvalue weighted by Crippen LogP contribution is 2.33. The van der Waals surface area contributed by atoms with Crippen molar-refractivity contribution in [2.45, 2.75) is 32.6 Å². The summed E-state index contributed by atoms with van der Waals surface area (Å²) >= 11 is 0. The number of nitrogens with one attached hydrogen (secondary N) is 1. The number of rotatable bonds is 5. The minimum atomic E-state index is 0.00207. The van der Waals surface area contributed by atoms with Gasteiger partial charge in [-0.3, -0.25) is 4.79 Å². The first kappa shape index (κ1) is 14.6. The van der Waals surface area contributed by atoms with Gasteiger partial charge in [0.1, 0.15) is 0 Å². The number of carbonyl (C=O) groups excluding carboxylic acids is 1.